The Kier molecular flexibility index (Phi) is 3.96. The zero-order valence-electron chi connectivity index (χ0n) is 11.9. The van der Waals surface area contributed by atoms with Gasteiger partial charge < -0.3 is 15.0 Å². The van der Waals surface area contributed by atoms with E-state index in [1.807, 2.05) is 4.90 Å². The lowest BCUT2D eigenvalue weighted by Gasteiger charge is -2.37. The number of hydrogen-bond donors (Lipinski definition) is 1. The molecule has 0 aromatic rings. The summed E-state index contributed by atoms with van der Waals surface area (Å²) in [5, 5.41) is 3.67. The first-order chi connectivity index (χ1) is 9.24. The molecule has 1 N–H and O–H groups in total. The standard InChI is InChI=1S/C15H26N2O2/c1-19-15(18)17-9-13(6-11-2-3-11)7-14(10-17)16-8-12-4-5-12/h11-14,16H,2-10H2,1H3. The normalized spacial score (nSPS) is 31.3. The molecule has 2 aliphatic carbocycles. The van der Waals surface area contributed by atoms with Gasteiger partial charge in [-0.05, 0) is 50.0 Å². The van der Waals surface area contributed by atoms with E-state index in [0.29, 0.717) is 12.0 Å². The Bertz CT molecular complexity index is 326. The summed E-state index contributed by atoms with van der Waals surface area (Å²) in [7, 11) is 1.49. The number of rotatable bonds is 5. The highest BCUT2D eigenvalue weighted by Gasteiger charge is 2.34. The van der Waals surface area contributed by atoms with Crippen LogP contribution in [-0.4, -0.2) is 43.8 Å². The van der Waals surface area contributed by atoms with E-state index in [2.05, 4.69) is 5.32 Å². The van der Waals surface area contributed by atoms with Gasteiger partial charge in [-0.15, -0.1) is 0 Å². The van der Waals surface area contributed by atoms with Crippen molar-refractivity contribution in [2.45, 2.75) is 44.6 Å². The fraction of sp³-hybridized carbons (Fsp3) is 0.933. The third-order valence-electron chi connectivity index (χ3n) is 4.73. The number of methoxy groups -OCH3 is 1. The van der Waals surface area contributed by atoms with Gasteiger partial charge in [-0.3, -0.25) is 0 Å². The van der Waals surface area contributed by atoms with Gasteiger partial charge in [0.25, 0.3) is 0 Å². The predicted molar refractivity (Wildman–Crippen MR) is 73.9 cm³/mol. The number of nitrogens with one attached hydrogen (secondary N) is 1. The second-order valence-electron chi connectivity index (χ2n) is 6.70. The van der Waals surface area contributed by atoms with E-state index >= 15 is 0 Å². The molecule has 0 spiro atoms. The number of piperidine rings is 1. The van der Waals surface area contributed by atoms with Crippen LogP contribution in [0.25, 0.3) is 0 Å². The molecular weight excluding hydrogens is 240 g/mol. The summed E-state index contributed by atoms with van der Waals surface area (Å²) in [5.74, 6) is 2.50. The van der Waals surface area contributed by atoms with Gasteiger partial charge >= 0.3 is 6.09 Å². The van der Waals surface area contributed by atoms with Crippen LogP contribution >= 0.6 is 0 Å². The van der Waals surface area contributed by atoms with Crippen LogP contribution in [0.3, 0.4) is 0 Å². The molecule has 0 bridgehead atoms. The van der Waals surface area contributed by atoms with Crippen LogP contribution in [0.5, 0.6) is 0 Å². The van der Waals surface area contributed by atoms with Gasteiger partial charge in [-0.25, -0.2) is 4.79 Å². The molecule has 4 nitrogen and oxygen atoms in total. The molecule has 1 heterocycles. The van der Waals surface area contributed by atoms with Crippen molar-refractivity contribution in [2.24, 2.45) is 17.8 Å². The summed E-state index contributed by atoms with van der Waals surface area (Å²) >= 11 is 0. The summed E-state index contributed by atoms with van der Waals surface area (Å²) in [6, 6.07) is 0.470. The summed E-state index contributed by atoms with van der Waals surface area (Å²) < 4.78 is 4.90. The molecule has 4 heteroatoms. The minimum atomic E-state index is -0.154. The SMILES string of the molecule is COC(=O)N1CC(CC2CC2)CC(NCC2CC2)C1. The van der Waals surface area contributed by atoms with Crippen LogP contribution in [0.1, 0.15) is 38.5 Å². The Balaban J connectivity index is 1.53. The Morgan fingerprint density at radius 2 is 1.89 bits per heavy atom. The van der Waals surface area contributed by atoms with Crippen molar-refractivity contribution in [1.82, 2.24) is 10.2 Å². The Morgan fingerprint density at radius 1 is 1.16 bits per heavy atom. The molecule has 108 valence electrons. The molecule has 0 aromatic carbocycles. The lowest BCUT2D eigenvalue weighted by atomic mass is 9.90. The van der Waals surface area contributed by atoms with Crippen molar-refractivity contribution in [3.8, 4) is 0 Å². The van der Waals surface area contributed by atoms with E-state index in [9.17, 15) is 4.79 Å². The molecule has 1 saturated heterocycles. The molecule has 19 heavy (non-hydrogen) atoms. The second kappa shape index (κ2) is 5.70. The monoisotopic (exact) mass is 266 g/mol. The van der Waals surface area contributed by atoms with Gasteiger partial charge in [0.1, 0.15) is 0 Å². The largest absolute Gasteiger partial charge is 0.453 e. The minimum absolute atomic E-state index is 0.154. The first-order valence-corrected chi connectivity index (χ1v) is 7.81. The lowest BCUT2D eigenvalue weighted by Crippen LogP contribution is -2.51. The summed E-state index contributed by atoms with van der Waals surface area (Å²) in [6.07, 6.45) is 7.94. The number of amides is 1. The smallest absolute Gasteiger partial charge is 0.409 e. The average Bonchev–Trinajstić information content (AvgIpc) is 3.29. The maximum atomic E-state index is 11.8. The van der Waals surface area contributed by atoms with E-state index in [1.165, 1.54) is 45.6 Å². The van der Waals surface area contributed by atoms with Gasteiger partial charge in [0.15, 0.2) is 0 Å². The van der Waals surface area contributed by atoms with Gasteiger partial charge in [0.05, 0.1) is 7.11 Å². The van der Waals surface area contributed by atoms with E-state index in [4.69, 9.17) is 4.74 Å². The molecule has 1 aliphatic heterocycles. The summed E-state index contributed by atoms with van der Waals surface area (Å²) in [6.45, 7) is 2.85. The van der Waals surface area contributed by atoms with Crippen molar-refractivity contribution in [1.29, 1.82) is 0 Å². The number of carbonyl (C=O) groups excluding carboxylic acids is 1. The first-order valence-electron chi connectivity index (χ1n) is 7.81. The van der Waals surface area contributed by atoms with E-state index in [0.717, 1.165) is 31.5 Å². The Labute approximate surface area is 115 Å². The molecular formula is C15H26N2O2. The Morgan fingerprint density at radius 3 is 2.53 bits per heavy atom. The third-order valence-corrected chi connectivity index (χ3v) is 4.73. The zero-order valence-corrected chi connectivity index (χ0v) is 11.9. The molecule has 2 atom stereocenters. The maximum Gasteiger partial charge on any atom is 0.409 e. The number of nitrogens with zero attached hydrogens (tertiary/aromatic N) is 1. The van der Waals surface area contributed by atoms with Gasteiger partial charge in [-0.2, -0.15) is 0 Å². The van der Waals surface area contributed by atoms with Crippen LogP contribution < -0.4 is 5.32 Å². The van der Waals surface area contributed by atoms with Crippen molar-refractivity contribution in [3.63, 3.8) is 0 Å². The molecule has 2 unspecified atom stereocenters. The molecule has 2 saturated carbocycles. The fourth-order valence-corrected chi connectivity index (χ4v) is 3.28. The summed E-state index contributed by atoms with van der Waals surface area (Å²) in [5.41, 5.74) is 0. The highest BCUT2D eigenvalue weighted by molar-refractivity contribution is 5.67. The first kappa shape index (κ1) is 13.2. The van der Waals surface area contributed by atoms with Crippen molar-refractivity contribution >= 4 is 6.09 Å². The third kappa shape index (κ3) is 3.85. The number of ether oxygens (including phenoxy) is 1. The number of hydrogen-bond acceptors (Lipinski definition) is 3. The van der Waals surface area contributed by atoms with E-state index in [1.54, 1.807) is 0 Å². The van der Waals surface area contributed by atoms with Crippen molar-refractivity contribution in [3.05, 3.63) is 0 Å². The quantitative estimate of drug-likeness (QED) is 0.830. The average molecular weight is 266 g/mol. The fourth-order valence-electron chi connectivity index (χ4n) is 3.28. The molecule has 3 fully saturated rings. The highest BCUT2D eigenvalue weighted by Crippen LogP contribution is 2.38. The topological polar surface area (TPSA) is 41.6 Å². The minimum Gasteiger partial charge on any atom is -0.453 e. The van der Waals surface area contributed by atoms with Crippen LogP contribution in [0.2, 0.25) is 0 Å². The maximum absolute atomic E-state index is 11.8. The highest BCUT2D eigenvalue weighted by atomic mass is 16.5. The molecule has 3 aliphatic rings. The molecule has 1 amide bonds. The number of carbonyl (C=O) groups is 1. The second-order valence-corrected chi connectivity index (χ2v) is 6.70. The van der Waals surface area contributed by atoms with Crippen molar-refractivity contribution in [2.75, 3.05) is 26.7 Å². The van der Waals surface area contributed by atoms with E-state index in [-0.39, 0.29) is 6.09 Å². The lowest BCUT2D eigenvalue weighted by molar-refractivity contribution is 0.0878. The number of likely N-dealkylation sites (tertiary alicyclic amines) is 1. The van der Waals surface area contributed by atoms with Gasteiger partial charge in [-0.1, -0.05) is 12.8 Å². The Hall–Kier alpha value is -0.770. The predicted octanol–water partition coefficient (Wildman–Crippen LogP) is 2.24. The summed E-state index contributed by atoms with van der Waals surface area (Å²) in [4.78, 5) is 13.7. The molecule has 0 aromatic heterocycles. The van der Waals surface area contributed by atoms with Crippen LogP contribution in [-0.2, 0) is 4.74 Å². The molecule has 3 rings (SSSR count). The van der Waals surface area contributed by atoms with Crippen molar-refractivity contribution < 1.29 is 9.53 Å². The van der Waals surface area contributed by atoms with E-state index < -0.39 is 0 Å². The van der Waals surface area contributed by atoms with Gasteiger partial charge in [0, 0.05) is 19.1 Å². The zero-order chi connectivity index (χ0) is 13.2. The molecule has 0 radical (unpaired) electrons. The van der Waals surface area contributed by atoms with Crippen LogP contribution in [0.15, 0.2) is 0 Å². The van der Waals surface area contributed by atoms with Crippen LogP contribution in [0, 0.1) is 17.8 Å². The van der Waals surface area contributed by atoms with Crippen LogP contribution in [0.4, 0.5) is 4.79 Å². The van der Waals surface area contributed by atoms with Gasteiger partial charge in [0.2, 0.25) is 0 Å².